The highest BCUT2D eigenvalue weighted by atomic mass is 15.2. The number of nitrogens with two attached hydrogens (primary N) is 1. The molecule has 0 aliphatic heterocycles. The summed E-state index contributed by atoms with van der Waals surface area (Å²) in [5.74, 6) is 0. The van der Waals surface area contributed by atoms with E-state index in [0.29, 0.717) is 0 Å². The van der Waals surface area contributed by atoms with Crippen LogP contribution in [0.3, 0.4) is 0 Å². The molecular formula is C10H19N3. The van der Waals surface area contributed by atoms with Gasteiger partial charge in [-0.1, -0.05) is 13.8 Å². The molecule has 0 aliphatic rings. The fraction of sp³-hybridized carbons (Fsp3) is 0.500. The van der Waals surface area contributed by atoms with Crippen LogP contribution in [-0.2, 0) is 7.05 Å². The van der Waals surface area contributed by atoms with Crippen LogP contribution < -0.4 is 5.73 Å². The maximum absolute atomic E-state index is 5.53. The third kappa shape index (κ3) is 3.78. The Bertz CT molecular complexity index is 280. The topological polar surface area (TPSA) is 43.8 Å². The van der Waals surface area contributed by atoms with Gasteiger partial charge < -0.3 is 5.73 Å². The molecule has 1 aromatic heterocycles. The molecule has 0 saturated carbocycles. The molecule has 0 radical (unpaired) electrons. The summed E-state index contributed by atoms with van der Waals surface area (Å²) >= 11 is 0. The highest BCUT2D eigenvalue weighted by Crippen LogP contribution is 2.07. The monoisotopic (exact) mass is 181 g/mol. The van der Waals surface area contributed by atoms with Crippen molar-refractivity contribution in [2.75, 3.05) is 0 Å². The highest BCUT2D eigenvalue weighted by Gasteiger charge is 1.97. The highest BCUT2D eigenvalue weighted by molar-refractivity contribution is 5.52. The Hall–Kier alpha value is -1.25. The largest absolute Gasteiger partial charge is 0.402 e. The summed E-state index contributed by atoms with van der Waals surface area (Å²) in [6.45, 7) is 7.83. The lowest BCUT2D eigenvalue weighted by Crippen LogP contribution is -1.89. The van der Waals surface area contributed by atoms with E-state index in [0.717, 1.165) is 17.0 Å². The Morgan fingerprint density at radius 1 is 1.54 bits per heavy atom. The second-order valence-electron chi connectivity index (χ2n) is 2.73. The summed E-state index contributed by atoms with van der Waals surface area (Å²) in [6, 6.07) is 0. The van der Waals surface area contributed by atoms with E-state index in [1.165, 1.54) is 0 Å². The maximum Gasteiger partial charge on any atom is 0.0666 e. The molecule has 0 atom stereocenters. The van der Waals surface area contributed by atoms with Crippen LogP contribution in [0.4, 0.5) is 0 Å². The van der Waals surface area contributed by atoms with Crippen molar-refractivity contribution < 1.29 is 0 Å². The molecule has 0 amide bonds. The lowest BCUT2D eigenvalue weighted by atomic mass is 10.2. The number of aromatic nitrogens is 2. The van der Waals surface area contributed by atoms with Gasteiger partial charge in [-0.2, -0.15) is 5.10 Å². The van der Waals surface area contributed by atoms with Gasteiger partial charge >= 0.3 is 0 Å². The molecule has 1 aromatic rings. The van der Waals surface area contributed by atoms with Gasteiger partial charge in [0.1, 0.15) is 0 Å². The summed E-state index contributed by atoms with van der Waals surface area (Å²) in [4.78, 5) is 0. The molecule has 74 valence electrons. The standard InChI is InChI=1S/C8H13N3.C2H6/c1-6(9)4-8-5-11(3)10-7(8)2;1-2/h4-5H,9H2,1-3H3;1-2H3/b6-4-;. The maximum atomic E-state index is 5.53. The van der Waals surface area contributed by atoms with Gasteiger partial charge in [-0.05, 0) is 19.9 Å². The van der Waals surface area contributed by atoms with E-state index in [2.05, 4.69) is 5.10 Å². The van der Waals surface area contributed by atoms with E-state index in [9.17, 15) is 0 Å². The summed E-state index contributed by atoms with van der Waals surface area (Å²) in [5, 5.41) is 4.18. The van der Waals surface area contributed by atoms with E-state index in [1.807, 2.05) is 47.0 Å². The first kappa shape index (κ1) is 11.8. The first-order valence-electron chi connectivity index (χ1n) is 4.53. The van der Waals surface area contributed by atoms with Crippen molar-refractivity contribution in [3.05, 3.63) is 23.2 Å². The lowest BCUT2D eigenvalue weighted by Gasteiger charge is -1.88. The second-order valence-corrected chi connectivity index (χ2v) is 2.73. The zero-order chi connectivity index (χ0) is 10.4. The second kappa shape index (κ2) is 5.41. The van der Waals surface area contributed by atoms with Crippen molar-refractivity contribution in [1.82, 2.24) is 9.78 Å². The minimum atomic E-state index is 0.807. The zero-order valence-electron chi connectivity index (χ0n) is 9.13. The zero-order valence-corrected chi connectivity index (χ0v) is 9.13. The molecule has 3 nitrogen and oxygen atoms in total. The molecule has 3 heteroatoms. The number of hydrogen-bond donors (Lipinski definition) is 1. The average molecular weight is 181 g/mol. The molecule has 2 N–H and O–H groups in total. The summed E-state index contributed by atoms with van der Waals surface area (Å²) in [7, 11) is 1.90. The summed E-state index contributed by atoms with van der Waals surface area (Å²) < 4.78 is 1.78. The van der Waals surface area contributed by atoms with Gasteiger partial charge in [0.05, 0.1) is 5.69 Å². The van der Waals surface area contributed by atoms with Gasteiger partial charge in [-0.3, -0.25) is 4.68 Å². The molecule has 0 unspecified atom stereocenters. The lowest BCUT2D eigenvalue weighted by molar-refractivity contribution is 0.756. The molecule has 0 aromatic carbocycles. The smallest absolute Gasteiger partial charge is 0.0666 e. The van der Waals surface area contributed by atoms with E-state index >= 15 is 0 Å². The Labute approximate surface area is 80.2 Å². The molecule has 1 rings (SSSR count). The quantitative estimate of drug-likeness (QED) is 0.720. The Kier molecular flexibility index (Phi) is 4.89. The number of hydrogen-bond acceptors (Lipinski definition) is 2. The van der Waals surface area contributed by atoms with Gasteiger partial charge in [-0.25, -0.2) is 0 Å². The van der Waals surface area contributed by atoms with Crippen LogP contribution >= 0.6 is 0 Å². The number of aryl methyl sites for hydroxylation is 2. The van der Waals surface area contributed by atoms with Crippen LogP contribution in [0.15, 0.2) is 11.9 Å². The molecule has 13 heavy (non-hydrogen) atoms. The third-order valence-electron chi connectivity index (χ3n) is 1.43. The first-order chi connectivity index (χ1) is 6.09. The SMILES string of the molecule is C/C(N)=C/c1cn(C)nc1C.CC. The average Bonchev–Trinajstić information content (AvgIpc) is 2.33. The van der Waals surface area contributed by atoms with Gasteiger partial charge in [-0.15, -0.1) is 0 Å². The minimum Gasteiger partial charge on any atom is -0.402 e. The van der Waals surface area contributed by atoms with E-state index in [-0.39, 0.29) is 0 Å². The van der Waals surface area contributed by atoms with Crippen molar-refractivity contribution >= 4 is 6.08 Å². The molecule has 1 heterocycles. The van der Waals surface area contributed by atoms with Crippen molar-refractivity contribution in [3.8, 4) is 0 Å². The predicted molar refractivity (Wildman–Crippen MR) is 57.1 cm³/mol. The van der Waals surface area contributed by atoms with Gasteiger partial charge in [0.25, 0.3) is 0 Å². The fourth-order valence-corrected chi connectivity index (χ4v) is 1.00. The number of nitrogens with zero attached hydrogens (tertiary/aromatic N) is 2. The van der Waals surface area contributed by atoms with E-state index in [4.69, 9.17) is 5.73 Å². The van der Waals surface area contributed by atoms with Crippen molar-refractivity contribution in [2.45, 2.75) is 27.7 Å². The number of allylic oxidation sites excluding steroid dienone is 1. The summed E-state index contributed by atoms with van der Waals surface area (Å²) in [6.07, 6.45) is 3.87. The van der Waals surface area contributed by atoms with Crippen molar-refractivity contribution in [2.24, 2.45) is 12.8 Å². The van der Waals surface area contributed by atoms with Crippen LogP contribution in [0.25, 0.3) is 6.08 Å². The van der Waals surface area contributed by atoms with E-state index in [1.54, 1.807) is 4.68 Å². The summed E-state index contributed by atoms with van der Waals surface area (Å²) in [5.41, 5.74) is 8.43. The van der Waals surface area contributed by atoms with Crippen molar-refractivity contribution in [3.63, 3.8) is 0 Å². The van der Waals surface area contributed by atoms with Gasteiger partial charge in [0, 0.05) is 24.5 Å². The molecule has 0 aliphatic carbocycles. The van der Waals surface area contributed by atoms with Crippen molar-refractivity contribution in [1.29, 1.82) is 0 Å². The van der Waals surface area contributed by atoms with Crippen LogP contribution in [0.2, 0.25) is 0 Å². The van der Waals surface area contributed by atoms with Crippen LogP contribution in [0.5, 0.6) is 0 Å². The Morgan fingerprint density at radius 2 is 2.08 bits per heavy atom. The first-order valence-corrected chi connectivity index (χ1v) is 4.53. The Balaban J connectivity index is 0.000000671. The fourth-order valence-electron chi connectivity index (χ4n) is 1.00. The predicted octanol–water partition coefficient (Wildman–Crippen LogP) is 2.07. The normalized spacial score (nSPS) is 10.7. The minimum absolute atomic E-state index is 0.807. The molecule has 0 bridgehead atoms. The van der Waals surface area contributed by atoms with Crippen LogP contribution in [-0.4, -0.2) is 9.78 Å². The number of rotatable bonds is 1. The Morgan fingerprint density at radius 3 is 2.38 bits per heavy atom. The molecule has 0 saturated heterocycles. The third-order valence-corrected chi connectivity index (χ3v) is 1.43. The molecule has 0 spiro atoms. The molecular weight excluding hydrogens is 162 g/mol. The van der Waals surface area contributed by atoms with Crippen LogP contribution in [0, 0.1) is 6.92 Å². The molecule has 0 fully saturated rings. The van der Waals surface area contributed by atoms with Crippen LogP contribution in [0.1, 0.15) is 32.0 Å². The van der Waals surface area contributed by atoms with Gasteiger partial charge in [0.15, 0.2) is 0 Å². The van der Waals surface area contributed by atoms with E-state index < -0.39 is 0 Å². The van der Waals surface area contributed by atoms with Gasteiger partial charge in [0.2, 0.25) is 0 Å².